The summed E-state index contributed by atoms with van der Waals surface area (Å²) in [6.07, 6.45) is 0. The van der Waals surface area contributed by atoms with Crippen LogP contribution in [0.2, 0.25) is 5.02 Å². The van der Waals surface area contributed by atoms with Crippen LogP contribution in [0.5, 0.6) is 0 Å². The quantitative estimate of drug-likeness (QED) is 0.690. The first-order valence-corrected chi connectivity index (χ1v) is 10.1. The summed E-state index contributed by atoms with van der Waals surface area (Å²) in [4.78, 5) is 24.0. The zero-order valence-corrected chi connectivity index (χ0v) is 17.3. The number of aromatic nitrogens is 2. The number of anilines is 1. The molecule has 3 aromatic rings. The van der Waals surface area contributed by atoms with Crippen LogP contribution in [0.25, 0.3) is 10.9 Å². The molecule has 1 aromatic heterocycles. The minimum Gasteiger partial charge on any atom is -0.324 e. The number of fused-ring (bicyclic) bond motifs is 1. The number of rotatable bonds is 4. The molecule has 1 saturated heterocycles. The number of piperazine rings is 1. The number of nitrogens with one attached hydrogen (secondary N) is 2. The van der Waals surface area contributed by atoms with Gasteiger partial charge in [0.1, 0.15) is 5.82 Å². The number of halogens is 1. The van der Waals surface area contributed by atoms with Gasteiger partial charge >= 0.3 is 0 Å². The molecule has 6 nitrogen and oxygen atoms in total. The summed E-state index contributed by atoms with van der Waals surface area (Å²) in [7, 11) is 0. The molecule has 29 heavy (non-hydrogen) atoms. The molecule has 0 aliphatic carbocycles. The molecule has 1 fully saturated rings. The topological polar surface area (TPSA) is 70.2 Å². The van der Waals surface area contributed by atoms with Gasteiger partial charge in [0.25, 0.3) is 0 Å². The summed E-state index contributed by atoms with van der Waals surface area (Å²) in [5, 5.41) is 8.10. The molecule has 1 aliphatic rings. The molecule has 0 saturated carbocycles. The van der Waals surface area contributed by atoms with Crippen molar-refractivity contribution >= 4 is 34.1 Å². The third kappa shape index (κ3) is 4.40. The van der Waals surface area contributed by atoms with Crippen LogP contribution < -0.4 is 10.6 Å². The van der Waals surface area contributed by atoms with Gasteiger partial charge in [-0.2, -0.15) is 0 Å². The molecule has 2 aromatic carbocycles. The van der Waals surface area contributed by atoms with E-state index in [1.807, 2.05) is 31.2 Å². The van der Waals surface area contributed by atoms with Crippen molar-refractivity contribution in [2.45, 2.75) is 19.9 Å². The number of hydrogen-bond acceptors (Lipinski definition) is 5. The SMILES string of the molecule is Cc1nc(C2CN(CC(=O)Nc3ccccc3Cl)CCN2)c2c(C)cccc2n1. The van der Waals surface area contributed by atoms with E-state index in [9.17, 15) is 4.79 Å². The van der Waals surface area contributed by atoms with E-state index in [2.05, 4.69) is 33.5 Å². The molecular weight excluding hydrogens is 386 g/mol. The lowest BCUT2D eigenvalue weighted by Gasteiger charge is -2.33. The van der Waals surface area contributed by atoms with Gasteiger partial charge in [0.2, 0.25) is 5.91 Å². The Morgan fingerprint density at radius 2 is 2.03 bits per heavy atom. The average Bonchev–Trinajstić information content (AvgIpc) is 2.69. The normalized spacial score (nSPS) is 17.4. The number of para-hydroxylation sites is 1. The van der Waals surface area contributed by atoms with Crippen molar-refractivity contribution in [2.24, 2.45) is 0 Å². The van der Waals surface area contributed by atoms with E-state index in [1.54, 1.807) is 12.1 Å². The number of nitrogens with zero attached hydrogens (tertiary/aromatic N) is 3. The molecule has 7 heteroatoms. The predicted octanol–water partition coefficient (Wildman–Crippen LogP) is 3.49. The fraction of sp³-hybridized carbons (Fsp3) is 0.318. The van der Waals surface area contributed by atoms with E-state index in [0.717, 1.165) is 41.1 Å². The Kier molecular flexibility index (Phi) is 5.76. The molecule has 1 aliphatic heterocycles. The van der Waals surface area contributed by atoms with Gasteiger partial charge in [-0.3, -0.25) is 9.69 Å². The highest BCUT2D eigenvalue weighted by atomic mass is 35.5. The minimum atomic E-state index is -0.0707. The number of hydrogen-bond donors (Lipinski definition) is 2. The van der Waals surface area contributed by atoms with E-state index in [0.29, 0.717) is 23.8 Å². The van der Waals surface area contributed by atoms with Crippen LogP contribution in [0, 0.1) is 13.8 Å². The Labute approximate surface area is 175 Å². The monoisotopic (exact) mass is 409 g/mol. The van der Waals surface area contributed by atoms with Crippen LogP contribution in [0.4, 0.5) is 5.69 Å². The van der Waals surface area contributed by atoms with Crippen LogP contribution >= 0.6 is 11.6 Å². The molecule has 0 bridgehead atoms. The Morgan fingerprint density at radius 3 is 2.86 bits per heavy atom. The molecule has 2 heterocycles. The van der Waals surface area contributed by atoms with Crippen LogP contribution in [-0.2, 0) is 4.79 Å². The van der Waals surface area contributed by atoms with Crippen LogP contribution in [0.15, 0.2) is 42.5 Å². The van der Waals surface area contributed by atoms with Gasteiger partial charge in [-0.25, -0.2) is 9.97 Å². The smallest absolute Gasteiger partial charge is 0.238 e. The second kappa shape index (κ2) is 8.45. The molecule has 150 valence electrons. The maximum Gasteiger partial charge on any atom is 0.238 e. The molecule has 1 amide bonds. The molecule has 0 spiro atoms. The lowest BCUT2D eigenvalue weighted by Crippen LogP contribution is -2.48. The molecule has 0 radical (unpaired) electrons. The highest BCUT2D eigenvalue weighted by Gasteiger charge is 2.26. The lowest BCUT2D eigenvalue weighted by atomic mass is 10.0. The summed E-state index contributed by atoms with van der Waals surface area (Å²) in [5.74, 6) is 0.687. The van der Waals surface area contributed by atoms with Crippen molar-refractivity contribution in [3.8, 4) is 0 Å². The van der Waals surface area contributed by atoms with Crippen molar-refractivity contribution in [2.75, 3.05) is 31.5 Å². The fourth-order valence-electron chi connectivity index (χ4n) is 3.85. The van der Waals surface area contributed by atoms with Gasteiger partial charge in [0.15, 0.2) is 0 Å². The number of aryl methyl sites for hydroxylation is 2. The lowest BCUT2D eigenvalue weighted by molar-refractivity contribution is -0.117. The second-order valence-corrected chi connectivity index (χ2v) is 7.80. The molecule has 1 unspecified atom stereocenters. The fourth-order valence-corrected chi connectivity index (χ4v) is 4.04. The highest BCUT2D eigenvalue weighted by Crippen LogP contribution is 2.27. The first-order chi connectivity index (χ1) is 14.0. The van der Waals surface area contributed by atoms with E-state index >= 15 is 0 Å². The third-order valence-corrected chi connectivity index (χ3v) is 5.51. The Hall–Kier alpha value is -2.54. The second-order valence-electron chi connectivity index (χ2n) is 7.39. The maximum absolute atomic E-state index is 12.5. The number of amides is 1. The highest BCUT2D eigenvalue weighted by molar-refractivity contribution is 6.33. The van der Waals surface area contributed by atoms with Gasteiger partial charge in [0.05, 0.1) is 34.5 Å². The summed E-state index contributed by atoms with van der Waals surface area (Å²) in [6, 6.07) is 13.4. The third-order valence-electron chi connectivity index (χ3n) is 5.18. The van der Waals surface area contributed by atoms with Crippen molar-refractivity contribution in [1.82, 2.24) is 20.2 Å². The zero-order valence-electron chi connectivity index (χ0n) is 16.6. The Morgan fingerprint density at radius 1 is 1.21 bits per heavy atom. The first-order valence-electron chi connectivity index (χ1n) is 9.75. The van der Waals surface area contributed by atoms with E-state index in [1.165, 1.54) is 0 Å². The molecular formula is C22H24ClN5O. The van der Waals surface area contributed by atoms with Crippen LogP contribution in [0.1, 0.15) is 23.1 Å². The standard InChI is InChI=1S/C22H24ClN5O/c1-14-6-5-9-18-21(14)22(26-15(2)25-18)19-12-28(11-10-24-19)13-20(29)27-17-8-4-3-7-16(17)23/h3-9,19,24H,10-13H2,1-2H3,(H,27,29). The van der Waals surface area contributed by atoms with E-state index < -0.39 is 0 Å². The van der Waals surface area contributed by atoms with Crippen molar-refractivity contribution in [3.63, 3.8) is 0 Å². The van der Waals surface area contributed by atoms with E-state index in [4.69, 9.17) is 16.6 Å². The van der Waals surface area contributed by atoms with Crippen molar-refractivity contribution < 1.29 is 4.79 Å². The number of carbonyl (C=O) groups is 1. The van der Waals surface area contributed by atoms with Gasteiger partial charge in [-0.1, -0.05) is 35.9 Å². The maximum atomic E-state index is 12.5. The summed E-state index contributed by atoms with van der Waals surface area (Å²) in [5.41, 5.74) is 3.76. The predicted molar refractivity (Wildman–Crippen MR) is 116 cm³/mol. The average molecular weight is 410 g/mol. The van der Waals surface area contributed by atoms with E-state index in [-0.39, 0.29) is 11.9 Å². The molecule has 2 N–H and O–H groups in total. The van der Waals surface area contributed by atoms with Crippen molar-refractivity contribution in [1.29, 1.82) is 0 Å². The Bertz CT molecular complexity index is 1050. The van der Waals surface area contributed by atoms with Gasteiger partial charge in [-0.05, 0) is 37.6 Å². The molecule has 4 rings (SSSR count). The van der Waals surface area contributed by atoms with Gasteiger partial charge in [-0.15, -0.1) is 0 Å². The molecule has 1 atom stereocenters. The minimum absolute atomic E-state index is 0.0437. The largest absolute Gasteiger partial charge is 0.324 e. The van der Waals surface area contributed by atoms with Gasteiger partial charge < -0.3 is 10.6 Å². The van der Waals surface area contributed by atoms with Crippen LogP contribution in [-0.4, -0.2) is 47.0 Å². The van der Waals surface area contributed by atoms with Gasteiger partial charge in [0, 0.05) is 25.0 Å². The first kappa shape index (κ1) is 19.8. The summed E-state index contributed by atoms with van der Waals surface area (Å²) < 4.78 is 0. The summed E-state index contributed by atoms with van der Waals surface area (Å²) >= 11 is 6.15. The number of carbonyl (C=O) groups excluding carboxylic acids is 1. The van der Waals surface area contributed by atoms with Crippen molar-refractivity contribution in [3.05, 3.63) is 64.6 Å². The summed E-state index contributed by atoms with van der Waals surface area (Å²) in [6.45, 7) is 6.61. The number of benzene rings is 2. The zero-order chi connectivity index (χ0) is 20.4. The Balaban J connectivity index is 1.51. The van der Waals surface area contributed by atoms with Crippen LogP contribution in [0.3, 0.4) is 0 Å².